The molecule has 2 amide bonds. The molecule has 128 valence electrons. The van der Waals surface area contributed by atoms with E-state index in [1.165, 1.54) is 0 Å². The molecule has 0 saturated carbocycles. The van der Waals surface area contributed by atoms with Crippen LogP contribution >= 0.6 is 11.6 Å². The first-order valence-corrected chi connectivity index (χ1v) is 8.07. The van der Waals surface area contributed by atoms with Gasteiger partial charge in [0.25, 0.3) is 0 Å². The number of nitrogens with two attached hydrogens (primary N) is 1. The van der Waals surface area contributed by atoms with Crippen LogP contribution in [-0.2, 0) is 5.60 Å². The van der Waals surface area contributed by atoms with Gasteiger partial charge in [-0.05, 0) is 18.6 Å². The fourth-order valence-electron chi connectivity index (χ4n) is 2.33. The molecule has 2 unspecified atom stereocenters. The van der Waals surface area contributed by atoms with Gasteiger partial charge < -0.3 is 21.5 Å². The quantitative estimate of drug-likeness (QED) is 0.647. The summed E-state index contributed by atoms with van der Waals surface area (Å²) in [5.74, 6) is 0. The van der Waals surface area contributed by atoms with Gasteiger partial charge in [-0.15, -0.1) is 0 Å². The maximum Gasteiger partial charge on any atom is 0.314 e. The first-order valence-electron chi connectivity index (χ1n) is 7.70. The van der Waals surface area contributed by atoms with Crippen LogP contribution in [0.25, 0.3) is 0 Å². The van der Waals surface area contributed by atoms with E-state index in [-0.39, 0.29) is 12.6 Å². The number of carbonyl (C=O) groups excluding carboxylic acids is 1. The van der Waals surface area contributed by atoms with E-state index in [0.29, 0.717) is 17.1 Å². The second-order valence-electron chi connectivity index (χ2n) is 5.83. The average Bonchev–Trinajstić information content (AvgIpc) is 2.59. The molecule has 0 heterocycles. The van der Waals surface area contributed by atoms with Crippen molar-refractivity contribution in [1.29, 1.82) is 0 Å². The Bertz CT molecular complexity index is 677. The van der Waals surface area contributed by atoms with Crippen molar-refractivity contribution in [3.63, 3.8) is 0 Å². The van der Waals surface area contributed by atoms with Crippen molar-refractivity contribution in [2.75, 3.05) is 13.1 Å². The van der Waals surface area contributed by atoms with Crippen LogP contribution in [0.4, 0.5) is 4.79 Å². The third kappa shape index (κ3) is 4.96. The first-order chi connectivity index (χ1) is 11.4. The molecule has 2 aromatic carbocycles. The van der Waals surface area contributed by atoms with Gasteiger partial charge in [0.1, 0.15) is 5.60 Å². The maximum absolute atomic E-state index is 11.9. The Morgan fingerprint density at radius 3 is 2.46 bits per heavy atom. The molecule has 0 aliphatic carbocycles. The fraction of sp³-hybridized carbons (Fsp3) is 0.278. The van der Waals surface area contributed by atoms with Gasteiger partial charge >= 0.3 is 6.03 Å². The topological polar surface area (TPSA) is 87.4 Å². The van der Waals surface area contributed by atoms with E-state index in [9.17, 15) is 9.90 Å². The van der Waals surface area contributed by atoms with Crippen LogP contribution in [0.5, 0.6) is 0 Å². The second-order valence-corrected chi connectivity index (χ2v) is 6.24. The summed E-state index contributed by atoms with van der Waals surface area (Å²) >= 11 is 6.09. The van der Waals surface area contributed by atoms with Gasteiger partial charge in [0.15, 0.2) is 0 Å². The molecule has 0 saturated heterocycles. The van der Waals surface area contributed by atoms with Gasteiger partial charge in [-0.1, -0.05) is 60.1 Å². The molecule has 6 heteroatoms. The molecule has 0 aliphatic rings. The summed E-state index contributed by atoms with van der Waals surface area (Å²) in [6.45, 7) is 1.93. The molecule has 0 spiro atoms. The number of nitrogens with one attached hydrogen (secondary N) is 2. The lowest BCUT2D eigenvalue weighted by molar-refractivity contribution is 0.0595. The van der Waals surface area contributed by atoms with Crippen molar-refractivity contribution in [3.05, 3.63) is 70.7 Å². The fourth-order valence-corrected chi connectivity index (χ4v) is 2.67. The highest BCUT2D eigenvalue weighted by atomic mass is 35.5. The van der Waals surface area contributed by atoms with Gasteiger partial charge in [0.05, 0.1) is 6.54 Å². The molecule has 0 aromatic heterocycles. The lowest BCUT2D eigenvalue weighted by Crippen LogP contribution is -2.45. The molecular formula is C18H22ClN3O2. The number of amides is 2. The van der Waals surface area contributed by atoms with E-state index in [4.69, 9.17) is 17.3 Å². The lowest BCUT2D eigenvalue weighted by atomic mass is 9.96. The molecule has 2 atom stereocenters. The number of benzene rings is 2. The highest BCUT2D eigenvalue weighted by Gasteiger charge is 2.26. The van der Waals surface area contributed by atoms with Crippen LogP contribution in [0.2, 0.25) is 5.02 Å². The third-order valence-corrected chi connectivity index (χ3v) is 4.09. The summed E-state index contributed by atoms with van der Waals surface area (Å²) in [7, 11) is 0. The summed E-state index contributed by atoms with van der Waals surface area (Å²) in [5.41, 5.74) is 6.27. The summed E-state index contributed by atoms with van der Waals surface area (Å²) in [5, 5.41) is 16.3. The van der Waals surface area contributed by atoms with Crippen molar-refractivity contribution < 1.29 is 9.90 Å². The zero-order valence-electron chi connectivity index (χ0n) is 13.5. The SMILES string of the molecule is CC(O)(CNC(=O)NCC(N)c1ccccc1)c1ccccc1Cl. The van der Waals surface area contributed by atoms with E-state index in [1.54, 1.807) is 31.2 Å². The lowest BCUT2D eigenvalue weighted by Gasteiger charge is -2.25. The number of hydrogen-bond acceptors (Lipinski definition) is 3. The van der Waals surface area contributed by atoms with E-state index < -0.39 is 11.6 Å². The Morgan fingerprint density at radius 1 is 1.17 bits per heavy atom. The van der Waals surface area contributed by atoms with Crippen LogP contribution in [0.3, 0.4) is 0 Å². The molecule has 0 aliphatic heterocycles. The monoisotopic (exact) mass is 347 g/mol. The number of halogens is 1. The van der Waals surface area contributed by atoms with Gasteiger partial charge in [0, 0.05) is 23.2 Å². The minimum atomic E-state index is -1.27. The van der Waals surface area contributed by atoms with E-state index in [2.05, 4.69) is 10.6 Å². The summed E-state index contributed by atoms with van der Waals surface area (Å²) in [6, 6.07) is 15.8. The summed E-state index contributed by atoms with van der Waals surface area (Å²) < 4.78 is 0. The zero-order chi connectivity index (χ0) is 17.6. The van der Waals surface area contributed by atoms with Crippen molar-refractivity contribution >= 4 is 17.6 Å². The highest BCUT2D eigenvalue weighted by molar-refractivity contribution is 6.31. The van der Waals surface area contributed by atoms with Gasteiger partial charge in [-0.3, -0.25) is 0 Å². The second kappa shape index (κ2) is 8.15. The number of aliphatic hydroxyl groups is 1. The van der Waals surface area contributed by atoms with Crippen molar-refractivity contribution in [2.45, 2.75) is 18.6 Å². The Balaban J connectivity index is 1.84. The Labute approximate surface area is 146 Å². The number of carbonyl (C=O) groups is 1. The Hall–Kier alpha value is -2.08. The predicted octanol–water partition coefficient (Wildman–Crippen LogP) is 2.55. The molecule has 5 N–H and O–H groups in total. The average molecular weight is 348 g/mol. The van der Waals surface area contributed by atoms with Gasteiger partial charge in [-0.2, -0.15) is 0 Å². The van der Waals surface area contributed by atoms with Crippen LogP contribution < -0.4 is 16.4 Å². The normalized spacial score (nSPS) is 14.5. The zero-order valence-corrected chi connectivity index (χ0v) is 14.3. The van der Waals surface area contributed by atoms with E-state index in [1.807, 2.05) is 30.3 Å². The molecule has 5 nitrogen and oxygen atoms in total. The summed E-state index contributed by atoms with van der Waals surface area (Å²) in [6.07, 6.45) is 0. The third-order valence-electron chi connectivity index (χ3n) is 3.76. The highest BCUT2D eigenvalue weighted by Crippen LogP contribution is 2.27. The maximum atomic E-state index is 11.9. The Kier molecular flexibility index (Phi) is 6.20. The van der Waals surface area contributed by atoms with Crippen molar-refractivity contribution in [1.82, 2.24) is 10.6 Å². The molecule has 24 heavy (non-hydrogen) atoms. The number of rotatable bonds is 6. The predicted molar refractivity (Wildman–Crippen MR) is 95.8 cm³/mol. The van der Waals surface area contributed by atoms with E-state index >= 15 is 0 Å². The molecule has 0 radical (unpaired) electrons. The minimum Gasteiger partial charge on any atom is -0.384 e. The van der Waals surface area contributed by atoms with Gasteiger partial charge in [0.2, 0.25) is 0 Å². The number of hydrogen-bond donors (Lipinski definition) is 4. The van der Waals surface area contributed by atoms with Crippen LogP contribution in [-0.4, -0.2) is 24.2 Å². The minimum absolute atomic E-state index is 0.0309. The molecule has 0 bridgehead atoms. The van der Waals surface area contributed by atoms with E-state index in [0.717, 1.165) is 5.56 Å². The molecule has 2 rings (SSSR count). The van der Waals surface area contributed by atoms with Crippen molar-refractivity contribution in [3.8, 4) is 0 Å². The molecule has 0 fully saturated rings. The van der Waals surface area contributed by atoms with Crippen molar-refractivity contribution in [2.24, 2.45) is 5.73 Å². The largest absolute Gasteiger partial charge is 0.384 e. The smallest absolute Gasteiger partial charge is 0.314 e. The standard InChI is InChI=1S/C18H22ClN3O2/c1-18(24,14-9-5-6-10-15(14)19)12-22-17(23)21-11-16(20)13-7-3-2-4-8-13/h2-10,16,24H,11-12,20H2,1H3,(H2,21,22,23). The molecular weight excluding hydrogens is 326 g/mol. The van der Waals surface area contributed by atoms with Crippen LogP contribution in [0.15, 0.2) is 54.6 Å². The number of urea groups is 1. The van der Waals surface area contributed by atoms with Crippen LogP contribution in [0.1, 0.15) is 24.1 Å². The first kappa shape index (κ1) is 18.3. The molecule has 2 aromatic rings. The Morgan fingerprint density at radius 2 is 1.79 bits per heavy atom. The van der Waals surface area contributed by atoms with Gasteiger partial charge in [-0.25, -0.2) is 4.79 Å². The summed E-state index contributed by atoms with van der Waals surface area (Å²) in [4.78, 5) is 11.9. The van der Waals surface area contributed by atoms with Crippen LogP contribution in [0, 0.1) is 0 Å².